The van der Waals surface area contributed by atoms with Crippen molar-refractivity contribution in [1.29, 1.82) is 0 Å². The fraction of sp³-hybridized carbons (Fsp3) is 0.364. The zero-order valence-electron chi connectivity index (χ0n) is 16.7. The summed E-state index contributed by atoms with van der Waals surface area (Å²) in [5.74, 6) is -1.79. The first kappa shape index (κ1) is 22.5. The second-order valence-corrected chi connectivity index (χ2v) is 12.1. The standard InChI is InChI=1S/C22H28O4P2/c1-21(2,17-9-5-15(6-10-17)19(23)24)27-13-14-28-22(3,4)18-11-7-16(8-12-18)20(25)26/h5-12,27-28H,13-14H2,1-4H3,(H,23,24)(H,25,26). The third-order valence-corrected chi connectivity index (χ3v) is 8.81. The van der Waals surface area contributed by atoms with Crippen molar-refractivity contribution in [2.45, 2.75) is 38.0 Å². The summed E-state index contributed by atoms with van der Waals surface area (Å²) in [7, 11) is 1.50. The topological polar surface area (TPSA) is 74.6 Å². The van der Waals surface area contributed by atoms with E-state index in [1.54, 1.807) is 24.3 Å². The molecule has 0 heterocycles. The maximum atomic E-state index is 11.0. The highest BCUT2D eigenvalue weighted by molar-refractivity contribution is 7.43. The molecule has 2 aromatic rings. The lowest BCUT2D eigenvalue weighted by Crippen LogP contribution is -2.14. The molecule has 28 heavy (non-hydrogen) atoms. The van der Waals surface area contributed by atoms with Crippen molar-refractivity contribution in [3.63, 3.8) is 0 Å². The Morgan fingerprint density at radius 3 is 1.21 bits per heavy atom. The van der Waals surface area contributed by atoms with Crippen LogP contribution in [0.15, 0.2) is 48.5 Å². The third kappa shape index (κ3) is 5.87. The predicted octanol–water partition coefficient (Wildman–Crippen LogP) is 5.61. The summed E-state index contributed by atoms with van der Waals surface area (Å²) >= 11 is 0. The summed E-state index contributed by atoms with van der Waals surface area (Å²) in [5, 5.41) is 18.1. The van der Waals surface area contributed by atoms with Crippen molar-refractivity contribution in [2.75, 3.05) is 12.3 Å². The molecule has 0 spiro atoms. The zero-order valence-corrected chi connectivity index (χ0v) is 18.7. The van der Waals surface area contributed by atoms with Crippen LogP contribution in [0.3, 0.4) is 0 Å². The van der Waals surface area contributed by atoms with Gasteiger partial charge in [0.05, 0.1) is 11.1 Å². The maximum Gasteiger partial charge on any atom is 0.335 e. The summed E-state index contributed by atoms with van der Waals surface area (Å²) in [6.07, 6.45) is 2.23. The van der Waals surface area contributed by atoms with E-state index < -0.39 is 11.9 Å². The van der Waals surface area contributed by atoms with Crippen molar-refractivity contribution >= 4 is 29.1 Å². The summed E-state index contributed by atoms with van der Waals surface area (Å²) in [4.78, 5) is 22.0. The minimum atomic E-state index is -0.897. The summed E-state index contributed by atoms with van der Waals surface area (Å²) in [5.41, 5.74) is 2.98. The Kier molecular flexibility index (Phi) is 7.37. The van der Waals surface area contributed by atoms with E-state index in [9.17, 15) is 9.59 Å². The molecule has 0 saturated carbocycles. The van der Waals surface area contributed by atoms with Crippen LogP contribution < -0.4 is 0 Å². The molecule has 2 aromatic carbocycles. The number of aromatic carboxylic acids is 2. The molecule has 2 unspecified atom stereocenters. The molecule has 0 aromatic heterocycles. The van der Waals surface area contributed by atoms with Crippen LogP contribution in [0.25, 0.3) is 0 Å². The second kappa shape index (κ2) is 9.16. The van der Waals surface area contributed by atoms with E-state index in [2.05, 4.69) is 27.7 Å². The largest absolute Gasteiger partial charge is 0.478 e. The first-order chi connectivity index (χ1) is 13.0. The van der Waals surface area contributed by atoms with E-state index in [0.717, 1.165) is 29.5 Å². The van der Waals surface area contributed by atoms with Gasteiger partial charge >= 0.3 is 11.9 Å². The molecule has 2 N–H and O–H groups in total. The smallest absolute Gasteiger partial charge is 0.335 e. The first-order valence-electron chi connectivity index (χ1n) is 9.21. The Balaban J connectivity index is 1.90. The second-order valence-electron chi connectivity index (χ2n) is 7.87. The van der Waals surface area contributed by atoms with Gasteiger partial charge in [0.1, 0.15) is 0 Å². The highest BCUT2D eigenvalue weighted by atomic mass is 31.1. The fourth-order valence-corrected chi connectivity index (χ4v) is 6.00. The van der Waals surface area contributed by atoms with Gasteiger partial charge < -0.3 is 10.2 Å². The molecule has 150 valence electrons. The van der Waals surface area contributed by atoms with Crippen molar-refractivity contribution < 1.29 is 19.8 Å². The van der Waals surface area contributed by atoms with Crippen LogP contribution in [-0.4, -0.2) is 34.5 Å². The highest BCUT2D eigenvalue weighted by Gasteiger charge is 2.23. The van der Waals surface area contributed by atoms with Crippen LogP contribution >= 0.6 is 17.2 Å². The lowest BCUT2D eigenvalue weighted by Gasteiger charge is -2.28. The van der Waals surface area contributed by atoms with Gasteiger partial charge in [-0.25, -0.2) is 9.59 Å². The molecule has 0 aliphatic heterocycles. The van der Waals surface area contributed by atoms with E-state index in [1.807, 2.05) is 24.3 Å². The highest BCUT2D eigenvalue weighted by Crippen LogP contribution is 2.45. The van der Waals surface area contributed by atoms with Gasteiger partial charge in [-0.2, -0.15) is 0 Å². The molecule has 0 bridgehead atoms. The normalized spacial score (nSPS) is 12.9. The van der Waals surface area contributed by atoms with Gasteiger partial charge in [-0.05, 0) is 47.7 Å². The van der Waals surface area contributed by atoms with Crippen LogP contribution in [0.1, 0.15) is 59.5 Å². The van der Waals surface area contributed by atoms with Crippen LogP contribution in [0.2, 0.25) is 0 Å². The maximum absolute atomic E-state index is 11.0. The number of hydrogen-bond donors (Lipinski definition) is 2. The molecule has 0 saturated heterocycles. The van der Waals surface area contributed by atoms with Crippen LogP contribution in [0.4, 0.5) is 0 Å². The average molecular weight is 418 g/mol. The average Bonchev–Trinajstić information content (AvgIpc) is 2.65. The lowest BCUT2D eigenvalue weighted by molar-refractivity contribution is 0.0686. The van der Waals surface area contributed by atoms with Gasteiger partial charge in [0.25, 0.3) is 0 Å². The van der Waals surface area contributed by atoms with E-state index in [1.165, 1.54) is 11.1 Å². The molecule has 0 amide bonds. The lowest BCUT2D eigenvalue weighted by atomic mass is 10.0. The summed E-state index contributed by atoms with van der Waals surface area (Å²) in [6.45, 7) is 8.83. The van der Waals surface area contributed by atoms with Crippen LogP contribution in [0, 0.1) is 0 Å². The molecule has 0 radical (unpaired) electrons. The van der Waals surface area contributed by atoms with Crippen molar-refractivity contribution in [1.82, 2.24) is 0 Å². The van der Waals surface area contributed by atoms with E-state index >= 15 is 0 Å². The Morgan fingerprint density at radius 2 is 0.964 bits per heavy atom. The summed E-state index contributed by atoms with van der Waals surface area (Å²) in [6, 6.07) is 14.4. The van der Waals surface area contributed by atoms with Gasteiger partial charge in [0, 0.05) is 10.3 Å². The molecule has 6 heteroatoms. The molecule has 4 nitrogen and oxygen atoms in total. The number of rotatable bonds is 9. The molecule has 2 atom stereocenters. The molecular weight excluding hydrogens is 390 g/mol. The Bertz CT molecular complexity index is 753. The fourth-order valence-electron chi connectivity index (χ4n) is 3.01. The monoisotopic (exact) mass is 418 g/mol. The third-order valence-electron chi connectivity index (χ3n) is 4.97. The van der Waals surface area contributed by atoms with Gasteiger partial charge in [-0.3, -0.25) is 0 Å². The van der Waals surface area contributed by atoms with Crippen molar-refractivity contribution in [3.05, 3.63) is 70.8 Å². The number of carboxylic acid groups (broad SMARTS) is 2. The van der Waals surface area contributed by atoms with Crippen molar-refractivity contribution in [2.24, 2.45) is 0 Å². The number of carboxylic acids is 2. The SMILES string of the molecule is CC(C)(PCCPC(C)(C)c1ccc(C(=O)O)cc1)c1ccc(C(=O)O)cc1. The molecule has 0 fully saturated rings. The zero-order chi connectivity index (χ0) is 20.9. The van der Waals surface area contributed by atoms with Crippen LogP contribution in [-0.2, 0) is 10.3 Å². The Morgan fingerprint density at radius 1 is 0.679 bits per heavy atom. The summed E-state index contributed by atoms with van der Waals surface area (Å²) < 4.78 is 0. The number of hydrogen-bond acceptors (Lipinski definition) is 2. The molecule has 0 aliphatic rings. The minimum absolute atomic E-state index is 0.0226. The van der Waals surface area contributed by atoms with Gasteiger partial charge in [0.15, 0.2) is 0 Å². The van der Waals surface area contributed by atoms with Gasteiger partial charge in [0.2, 0.25) is 0 Å². The first-order valence-corrected chi connectivity index (χ1v) is 11.6. The van der Waals surface area contributed by atoms with E-state index in [0.29, 0.717) is 11.1 Å². The Labute approximate surface area is 170 Å². The van der Waals surface area contributed by atoms with E-state index in [4.69, 9.17) is 10.2 Å². The Hall–Kier alpha value is -1.76. The predicted molar refractivity (Wildman–Crippen MR) is 119 cm³/mol. The molecule has 2 rings (SSSR count). The number of carbonyl (C=O) groups is 2. The number of benzene rings is 2. The van der Waals surface area contributed by atoms with Crippen LogP contribution in [0.5, 0.6) is 0 Å². The quantitative estimate of drug-likeness (QED) is 0.410. The van der Waals surface area contributed by atoms with Crippen molar-refractivity contribution in [3.8, 4) is 0 Å². The van der Waals surface area contributed by atoms with Gasteiger partial charge in [-0.15, -0.1) is 17.2 Å². The molecule has 0 aliphatic carbocycles. The minimum Gasteiger partial charge on any atom is -0.478 e. The molecular formula is C22H28O4P2. The van der Waals surface area contributed by atoms with Gasteiger partial charge in [-0.1, -0.05) is 52.0 Å². The van der Waals surface area contributed by atoms with E-state index in [-0.39, 0.29) is 10.3 Å².